The molecule has 0 aliphatic heterocycles. The van der Waals surface area contributed by atoms with E-state index in [2.05, 4.69) is 24.4 Å². The van der Waals surface area contributed by atoms with Crippen LogP contribution in [0.25, 0.3) is 0 Å². The minimum Gasteiger partial charge on any atom is -0.483 e. The van der Waals surface area contributed by atoms with E-state index in [1.54, 1.807) is 24.3 Å². The van der Waals surface area contributed by atoms with Crippen molar-refractivity contribution in [2.75, 3.05) is 13.2 Å². The second kappa shape index (κ2) is 10.1. The molecule has 0 fully saturated rings. The molecule has 1 amide bonds. The number of aryl methyl sites for hydroxylation is 1. The van der Waals surface area contributed by atoms with Crippen LogP contribution in [0.4, 0.5) is 0 Å². The van der Waals surface area contributed by atoms with Gasteiger partial charge in [0, 0.05) is 0 Å². The highest BCUT2D eigenvalue weighted by atomic mass is 16.5. The topological polar surface area (TPSA) is 97.2 Å². The van der Waals surface area contributed by atoms with Crippen molar-refractivity contribution in [2.24, 2.45) is 5.10 Å². The maximum Gasteiger partial charge on any atom is 0.341 e. The molecule has 28 heavy (non-hydrogen) atoms. The van der Waals surface area contributed by atoms with Gasteiger partial charge in [-0.1, -0.05) is 26.0 Å². The number of hydrogen-bond acceptors (Lipinski definition) is 5. The van der Waals surface area contributed by atoms with Crippen molar-refractivity contribution in [3.05, 3.63) is 59.2 Å². The van der Waals surface area contributed by atoms with Gasteiger partial charge in [-0.2, -0.15) is 5.10 Å². The Labute approximate surface area is 164 Å². The molecule has 0 aliphatic rings. The predicted octanol–water partition coefficient (Wildman–Crippen LogP) is 3.11. The van der Waals surface area contributed by atoms with E-state index in [1.807, 2.05) is 25.1 Å². The third-order valence-electron chi connectivity index (χ3n) is 3.80. The third kappa shape index (κ3) is 6.75. The molecule has 0 heterocycles. The SMILES string of the molecule is Cc1ccc(C(C)C)c(OCC(=O)NN=Cc2ccc(OCC(=O)O)cc2)c1. The van der Waals surface area contributed by atoms with Crippen LogP contribution in [0.3, 0.4) is 0 Å². The minimum atomic E-state index is -1.04. The first-order valence-corrected chi connectivity index (χ1v) is 8.85. The first kappa shape index (κ1) is 21.0. The molecule has 148 valence electrons. The van der Waals surface area contributed by atoms with Crippen molar-refractivity contribution < 1.29 is 24.2 Å². The molecule has 0 aromatic heterocycles. The van der Waals surface area contributed by atoms with E-state index in [1.165, 1.54) is 6.21 Å². The first-order valence-electron chi connectivity index (χ1n) is 8.85. The average Bonchev–Trinajstić information content (AvgIpc) is 2.65. The zero-order chi connectivity index (χ0) is 20.5. The van der Waals surface area contributed by atoms with Gasteiger partial charge in [-0.05, 0) is 59.9 Å². The number of hydrazone groups is 1. The molecule has 0 spiro atoms. The monoisotopic (exact) mass is 384 g/mol. The van der Waals surface area contributed by atoms with E-state index in [-0.39, 0.29) is 12.5 Å². The molecule has 2 rings (SSSR count). The normalized spacial score (nSPS) is 10.9. The molecule has 2 aromatic rings. The maximum atomic E-state index is 12.0. The summed E-state index contributed by atoms with van der Waals surface area (Å²) in [5, 5.41) is 12.5. The van der Waals surface area contributed by atoms with Gasteiger partial charge in [0.2, 0.25) is 0 Å². The Morgan fingerprint density at radius 2 is 1.82 bits per heavy atom. The summed E-state index contributed by atoms with van der Waals surface area (Å²) in [4.78, 5) is 22.4. The molecule has 0 unspecified atom stereocenters. The van der Waals surface area contributed by atoms with Crippen LogP contribution >= 0.6 is 0 Å². The van der Waals surface area contributed by atoms with Crippen molar-refractivity contribution in [3.8, 4) is 11.5 Å². The molecule has 2 aromatic carbocycles. The van der Waals surface area contributed by atoms with Crippen molar-refractivity contribution in [1.82, 2.24) is 5.43 Å². The Kier molecular flexibility index (Phi) is 7.56. The fourth-order valence-corrected chi connectivity index (χ4v) is 2.39. The summed E-state index contributed by atoms with van der Waals surface area (Å²) in [5.74, 6) is 0.0249. The Bertz CT molecular complexity index is 844. The molecular formula is C21H24N2O5. The van der Waals surface area contributed by atoms with Crippen molar-refractivity contribution in [1.29, 1.82) is 0 Å². The van der Waals surface area contributed by atoms with Crippen LogP contribution < -0.4 is 14.9 Å². The van der Waals surface area contributed by atoms with E-state index in [0.29, 0.717) is 17.4 Å². The van der Waals surface area contributed by atoms with Gasteiger partial charge in [0.15, 0.2) is 13.2 Å². The van der Waals surface area contributed by atoms with Crippen LogP contribution in [0.15, 0.2) is 47.6 Å². The number of nitrogens with one attached hydrogen (secondary N) is 1. The lowest BCUT2D eigenvalue weighted by atomic mass is 10.0. The zero-order valence-corrected chi connectivity index (χ0v) is 16.1. The van der Waals surface area contributed by atoms with Gasteiger partial charge in [-0.15, -0.1) is 0 Å². The molecule has 7 nitrogen and oxygen atoms in total. The standard InChI is InChI=1S/C21H24N2O5/c1-14(2)18-9-4-15(3)10-19(18)28-12-20(24)23-22-11-16-5-7-17(8-6-16)27-13-21(25)26/h4-11,14H,12-13H2,1-3H3,(H,23,24)(H,25,26). The van der Waals surface area contributed by atoms with E-state index in [0.717, 1.165) is 16.7 Å². The first-order chi connectivity index (χ1) is 13.3. The molecule has 0 radical (unpaired) electrons. The number of carbonyl (C=O) groups excluding carboxylic acids is 1. The minimum absolute atomic E-state index is 0.136. The van der Waals surface area contributed by atoms with Gasteiger partial charge in [0.25, 0.3) is 5.91 Å². The third-order valence-corrected chi connectivity index (χ3v) is 3.80. The highest BCUT2D eigenvalue weighted by molar-refractivity contribution is 5.83. The Hall–Kier alpha value is -3.35. The van der Waals surface area contributed by atoms with E-state index < -0.39 is 12.6 Å². The van der Waals surface area contributed by atoms with Crippen LogP contribution in [0.2, 0.25) is 0 Å². The molecule has 0 aliphatic carbocycles. The summed E-state index contributed by atoms with van der Waals surface area (Å²) in [6.07, 6.45) is 1.48. The van der Waals surface area contributed by atoms with Gasteiger partial charge in [-0.25, -0.2) is 10.2 Å². The van der Waals surface area contributed by atoms with Crippen LogP contribution in [-0.4, -0.2) is 36.4 Å². The number of carboxylic acids is 1. The second-order valence-corrected chi connectivity index (χ2v) is 6.53. The van der Waals surface area contributed by atoms with Gasteiger partial charge in [0.05, 0.1) is 6.21 Å². The van der Waals surface area contributed by atoms with Crippen LogP contribution in [0.5, 0.6) is 11.5 Å². The van der Waals surface area contributed by atoms with Gasteiger partial charge in [-0.3, -0.25) is 4.79 Å². The molecule has 0 atom stereocenters. The van der Waals surface area contributed by atoms with Gasteiger partial charge in [0.1, 0.15) is 11.5 Å². The number of ether oxygens (including phenoxy) is 2. The smallest absolute Gasteiger partial charge is 0.341 e. The quantitative estimate of drug-likeness (QED) is 0.511. The van der Waals surface area contributed by atoms with Gasteiger partial charge >= 0.3 is 5.97 Å². The molecular weight excluding hydrogens is 360 g/mol. The Balaban J connectivity index is 1.84. The lowest BCUT2D eigenvalue weighted by Crippen LogP contribution is -2.25. The van der Waals surface area contributed by atoms with Gasteiger partial charge < -0.3 is 14.6 Å². The van der Waals surface area contributed by atoms with E-state index >= 15 is 0 Å². The Morgan fingerprint density at radius 1 is 1.11 bits per heavy atom. The fourth-order valence-electron chi connectivity index (χ4n) is 2.39. The number of hydrogen-bond donors (Lipinski definition) is 2. The highest BCUT2D eigenvalue weighted by Gasteiger charge is 2.10. The molecule has 7 heteroatoms. The second-order valence-electron chi connectivity index (χ2n) is 6.53. The molecule has 0 saturated heterocycles. The van der Waals surface area contributed by atoms with Crippen LogP contribution in [-0.2, 0) is 9.59 Å². The predicted molar refractivity (Wildman–Crippen MR) is 106 cm³/mol. The maximum absolute atomic E-state index is 12.0. The largest absolute Gasteiger partial charge is 0.483 e. The fraction of sp³-hybridized carbons (Fsp3) is 0.286. The van der Waals surface area contributed by atoms with E-state index in [9.17, 15) is 9.59 Å². The number of amides is 1. The summed E-state index contributed by atoms with van der Waals surface area (Å²) in [6, 6.07) is 12.6. The summed E-state index contributed by atoms with van der Waals surface area (Å²) >= 11 is 0. The summed E-state index contributed by atoms with van der Waals surface area (Å²) in [6.45, 7) is 5.57. The van der Waals surface area contributed by atoms with Crippen LogP contribution in [0, 0.1) is 6.92 Å². The number of aliphatic carboxylic acids is 1. The molecule has 0 saturated carbocycles. The highest BCUT2D eigenvalue weighted by Crippen LogP contribution is 2.27. The number of nitrogens with zero attached hydrogens (tertiary/aromatic N) is 1. The number of carbonyl (C=O) groups is 2. The summed E-state index contributed by atoms with van der Waals surface area (Å²) < 4.78 is 10.7. The zero-order valence-electron chi connectivity index (χ0n) is 16.1. The lowest BCUT2D eigenvalue weighted by Gasteiger charge is -2.14. The molecule has 2 N–H and O–H groups in total. The number of carboxylic acid groups (broad SMARTS) is 1. The summed E-state index contributed by atoms with van der Waals surface area (Å²) in [7, 11) is 0. The molecule has 0 bridgehead atoms. The number of rotatable bonds is 9. The Morgan fingerprint density at radius 3 is 2.46 bits per heavy atom. The lowest BCUT2D eigenvalue weighted by molar-refractivity contribution is -0.139. The summed E-state index contributed by atoms with van der Waals surface area (Å²) in [5.41, 5.74) is 5.25. The average molecular weight is 384 g/mol. The van der Waals surface area contributed by atoms with Crippen molar-refractivity contribution in [2.45, 2.75) is 26.7 Å². The van der Waals surface area contributed by atoms with E-state index in [4.69, 9.17) is 14.6 Å². The number of benzene rings is 2. The van der Waals surface area contributed by atoms with Crippen LogP contribution in [0.1, 0.15) is 36.5 Å². The van der Waals surface area contributed by atoms with Crippen molar-refractivity contribution in [3.63, 3.8) is 0 Å². The van der Waals surface area contributed by atoms with Crippen molar-refractivity contribution >= 4 is 18.1 Å².